The molecule has 232 valence electrons. The highest BCUT2D eigenvalue weighted by Crippen LogP contribution is 2.30. The number of aliphatic hydroxyl groups excluding tert-OH is 2. The van der Waals surface area contributed by atoms with Crippen LogP contribution in [-0.2, 0) is 19.4 Å². The fraction of sp³-hybridized carbons (Fsp3) is 0.286. The molecule has 0 aliphatic rings. The SMILES string of the molecule is C[C@H](Cc1cccc(C(CCNC(=O)c2ccccc2O)Cc2c(F)cccc2Cl)c1)NC[C@@H](O)c1ccc(O)c(CO)c1. The molecule has 0 aliphatic heterocycles. The Labute approximate surface area is 262 Å². The Kier molecular flexibility index (Phi) is 11.7. The maximum atomic E-state index is 14.8. The Morgan fingerprint density at radius 3 is 2.43 bits per heavy atom. The molecule has 0 saturated heterocycles. The van der Waals surface area contributed by atoms with Crippen molar-refractivity contribution in [2.75, 3.05) is 13.1 Å². The second kappa shape index (κ2) is 15.7. The number of aliphatic hydroxyl groups is 2. The Bertz CT molecular complexity index is 1550. The summed E-state index contributed by atoms with van der Waals surface area (Å²) in [6.07, 6.45) is 0.687. The number of carbonyl (C=O) groups excluding carboxylic acids is 1. The van der Waals surface area contributed by atoms with Gasteiger partial charge in [-0.15, -0.1) is 0 Å². The van der Waals surface area contributed by atoms with E-state index in [2.05, 4.69) is 16.7 Å². The molecule has 0 bridgehead atoms. The van der Waals surface area contributed by atoms with Crippen LogP contribution in [0.25, 0.3) is 0 Å². The number of amides is 1. The molecule has 0 fully saturated rings. The Hall–Kier alpha value is -3.95. The first-order chi connectivity index (χ1) is 21.2. The van der Waals surface area contributed by atoms with Gasteiger partial charge in [-0.3, -0.25) is 4.79 Å². The van der Waals surface area contributed by atoms with Crippen LogP contribution in [0.4, 0.5) is 4.39 Å². The first-order valence-corrected chi connectivity index (χ1v) is 15.0. The Morgan fingerprint density at radius 1 is 0.909 bits per heavy atom. The zero-order valence-electron chi connectivity index (χ0n) is 24.5. The van der Waals surface area contributed by atoms with Crippen molar-refractivity contribution in [1.82, 2.24) is 10.6 Å². The predicted molar refractivity (Wildman–Crippen MR) is 170 cm³/mol. The van der Waals surface area contributed by atoms with E-state index in [1.54, 1.807) is 42.5 Å². The van der Waals surface area contributed by atoms with E-state index in [9.17, 15) is 29.6 Å². The van der Waals surface area contributed by atoms with Crippen molar-refractivity contribution >= 4 is 17.5 Å². The molecule has 6 N–H and O–H groups in total. The summed E-state index contributed by atoms with van der Waals surface area (Å²) in [6, 6.07) is 23.7. The highest BCUT2D eigenvalue weighted by molar-refractivity contribution is 6.31. The van der Waals surface area contributed by atoms with E-state index in [0.717, 1.165) is 11.1 Å². The van der Waals surface area contributed by atoms with Crippen LogP contribution in [0.2, 0.25) is 5.02 Å². The standard InChI is InChI=1S/C35H38ClFN2O5/c1-22(39-20-34(43)26-12-13-32(41)27(18-26)21-40)16-23-6-4-7-24(17-23)25(19-29-30(36)9-5-10-31(29)37)14-15-38-35(44)28-8-2-3-11-33(28)42/h2-13,17-18,22,25,34,39-43H,14-16,19-21H2,1H3,(H,38,44)/t22-,25?,34-/m1/s1. The summed E-state index contributed by atoms with van der Waals surface area (Å²) in [6.45, 7) is 2.28. The number of phenolic OH excluding ortho intramolecular Hbond substituents is 1. The summed E-state index contributed by atoms with van der Waals surface area (Å²) in [7, 11) is 0. The lowest BCUT2D eigenvalue weighted by Gasteiger charge is -2.21. The lowest BCUT2D eigenvalue weighted by atomic mass is 9.87. The van der Waals surface area contributed by atoms with Gasteiger partial charge in [0.1, 0.15) is 17.3 Å². The summed E-state index contributed by atoms with van der Waals surface area (Å²) in [4.78, 5) is 12.7. The fourth-order valence-electron chi connectivity index (χ4n) is 5.25. The van der Waals surface area contributed by atoms with Crippen molar-refractivity contribution in [3.63, 3.8) is 0 Å². The number of phenols is 2. The first kappa shape index (κ1) is 33.0. The average Bonchev–Trinajstić information content (AvgIpc) is 3.01. The van der Waals surface area contributed by atoms with Gasteiger partial charge in [0, 0.05) is 35.3 Å². The maximum absolute atomic E-state index is 14.8. The van der Waals surface area contributed by atoms with Crippen molar-refractivity contribution < 1.29 is 29.6 Å². The van der Waals surface area contributed by atoms with Gasteiger partial charge in [-0.2, -0.15) is 0 Å². The highest BCUT2D eigenvalue weighted by atomic mass is 35.5. The molecule has 0 saturated carbocycles. The smallest absolute Gasteiger partial charge is 0.255 e. The van der Waals surface area contributed by atoms with Crippen LogP contribution in [-0.4, -0.2) is 45.5 Å². The van der Waals surface area contributed by atoms with Crippen molar-refractivity contribution in [2.24, 2.45) is 0 Å². The van der Waals surface area contributed by atoms with Crippen LogP contribution in [0.15, 0.2) is 84.9 Å². The number of nitrogens with one attached hydrogen (secondary N) is 2. The minimum absolute atomic E-state index is 0.00614. The molecule has 4 aromatic carbocycles. The van der Waals surface area contributed by atoms with Gasteiger partial charge < -0.3 is 31.1 Å². The molecule has 0 heterocycles. The van der Waals surface area contributed by atoms with E-state index < -0.39 is 6.10 Å². The monoisotopic (exact) mass is 620 g/mol. The first-order valence-electron chi connectivity index (χ1n) is 14.6. The minimum atomic E-state index is -0.822. The lowest BCUT2D eigenvalue weighted by Crippen LogP contribution is -2.32. The van der Waals surface area contributed by atoms with E-state index in [0.29, 0.717) is 47.5 Å². The van der Waals surface area contributed by atoms with Gasteiger partial charge in [0.05, 0.1) is 18.3 Å². The summed E-state index contributed by atoms with van der Waals surface area (Å²) >= 11 is 6.38. The van der Waals surface area contributed by atoms with Gasteiger partial charge in [0.2, 0.25) is 0 Å². The number of carbonyl (C=O) groups is 1. The maximum Gasteiger partial charge on any atom is 0.255 e. The molecule has 4 aromatic rings. The number of benzene rings is 4. The zero-order chi connectivity index (χ0) is 31.6. The van der Waals surface area contributed by atoms with Gasteiger partial charge in [-0.25, -0.2) is 4.39 Å². The molecule has 3 atom stereocenters. The second-order valence-corrected chi connectivity index (χ2v) is 11.4. The molecule has 0 aliphatic carbocycles. The van der Waals surface area contributed by atoms with E-state index in [1.165, 1.54) is 18.2 Å². The van der Waals surface area contributed by atoms with Gasteiger partial charge >= 0.3 is 0 Å². The summed E-state index contributed by atoms with van der Waals surface area (Å²) in [5.41, 5.74) is 3.58. The second-order valence-electron chi connectivity index (χ2n) is 11.0. The number of rotatable bonds is 14. The third-order valence-corrected chi connectivity index (χ3v) is 8.08. The van der Waals surface area contributed by atoms with Gasteiger partial charge in [-0.05, 0) is 85.2 Å². The fourth-order valence-corrected chi connectivity index (χ4v) is 5.49. The molecule has 4 rings (SSSR count). The molecule has 0 radical (unpaired) electrons. The Morgan fingerprint density at radius 2 is 1.68 bits per heavy atom. The molecule has 0 spiro atoms. The van der Waals surface area contributed by atoms with Crippen molar-refractivity contribution in [3.8, 4) is 11.5 Å². The quantitative estimate of drug-likeness (QED) is 0.106. The normalized spacial score (nSPS) is 13.3. The van der Waals surface area contributed by atoms with E-state index >= 15 is 0 Å². The molecule has 1 amide bonds. The van der Waals surface area contributed by atoms with Crippen molar-refractivity contribution in [1.29, 1.82) is 0 Å². The molecule has 9 heteroatoms. The lowest BCUT2D eigenvalue weighted by molar-refractivity contribution is 0.0949. The summed E-state index contributed by atoms with van der Waals surface area (Å²) in [5, 5.41) is 46.4. The van der Waals surface area contributed by atoms with Gasteiger partial charge in [0.15, 0.2) is 0 Å². The molecule has 7 nitrogen and oxygen atoms in total. The van der Waals surface area contributed by atoms with E-state index in [-0.39, 0.29) is 53.9 Å². The molecule has 1 unspecified atom stereocenters. The topological polar surface area (TPSA) is 122 Å². The van der Waals surface area contributed by atoms with Crippen LogP contribution in [0, 0.1) is 5.82 Å². The molecular weight excluding hydrogens is 583 g/mol. The van der Waals surface area contributed by atoms with Gasteiger partial charge in [-0.1, -0.05) is 60.1 Å². The number of hydrogen-bond donors (Lipinski definition) is 6. The average molecular weight is 621 g/mol. The third kappa shape index (κ3) is 8.80. The van der Waals surface area contributed by atoms with Crippen LogP contribution >= 0.6 is 11.6 Å². The largest absolute Gasteiger partial charge is 0.508 e. The van der Waals surface area contributed by atoms with Crippen LogP contribution in [0.1, 0.15) is 63.5 Å². The minimum Gasteiger partial charge on any atom is -0.508 e. The molecular formula is C35H38ClFN2O5. The number of aromatic hydroxyl groups is 2. The van der Waals surface area contributed by atoms with Crippen LogP contribution in [0.3, 0.4) is 0 Å². The van der Waals surface area contributed by atoms with Crippen LogP contribution in [0.5, 0.6) is 11.5 Å². The third-order valence-electron chi connectivity index (χ3n) is 7.72. The van der Waals surface area contributed by atoms with E-state index in [4.69, 9.17) is 11.6 Å². The van der Waals surface area contributed by atoms with Crippen LogP contribution < -0.4 is 10.6 Å². The summed E-state index contributed by atoms with van der Waals surface area (Å²) in [5.74, 6) is -1.04. The number of halogens is 2. The Balaban J connectivity index is 1.44. The van der Waals surface area contributed by atoms with Gasteiger partial charge in [0.25, 0.3) is 5.91 Å². The highest BCUT2D eigenvalue weighted by Gasteiger charge is 2.19. The number of para-hydroxylation sites is 1. The number of hydrogen-bond acceptors (Lipinski definition) is 6. The summed E-state index contributed by atoms with van der Waals surface area (Å²) < 4.78 is 14.8. The molecule has 0 aromatic heterocycles. The predicted octanol–water partition coefficient (Wildman–Crippen LogP) is 5.78. The van der Waals surface area contributed by atoms with Crippen molar-refractivity contribution in [3.05, 3.63) is 129 Å². The zero-order valence-corrected chi connectivity index (χ0v) is 25.3. The van der Waals surface area contributed by atoms with Crippen molar-refractivity contribution in [2.45, 2.75) is 50.9 Å². The van der Waals surface area contributed by atoms with E-state index in [1.807, 2.05) is 25.1 Å². The molecule has 44 heavy (non-hydrogen) atoms.